The zero-order valence-electron chi connectivity index (χ0n) is 16.9. The Kier molecular flexibility index (Phi) is 5.20. The number of hydrogen-bond donors (Lipinski definition) is 0. The van der Waals surface area contributed by atoms with Crippen LogP contribution in [0.15, 0.2) is 47.4 Å². The fourth-order valence-corrected chi connectivity index (χ4v) is 5.41. The van der Waals surface area contributed by atoms with Crippen LogP contribution in [0.25, 0.3) is 10.2 Å². The molecule has 0 saturated carbocycles. The van der Waals surface area contributed by atoms with Gasteiger partial charge in [-0.15, -0.1) is 11.8 Å². The van der Waals surface area contributed by atoms with Crippen molar-refractivity contribution < 1.29 is 14.3 Å². The van der Waals surface area contributed by atoms with Gasteiger partial charge in [0.2, 0.25) is 6.10 Å². The number of rotatable bonds is 3. The molecule has 0 spiro atoms. The van der Waals surface area contributed by atoms with Crippen molar-refractivity contribution in [2.24, 2.45) is 0 Å². The van der Waals surface area contributed by atoms with Gasteiger partial charge < -0.3 is 19.3 Å². The number of para-hydroxylation sites is 2. The van der Waals surface area contributed by atoms with Gasteiger partial charge in [0.25, 0.3) is 5.91 Å². The third kappa shape index (κ3) is 3.58. The molecule has 3 heterocycles. The van der Waals surface area contributed by atoms with E-state index in [1.54, 1.807) is 23.1 Å². The van der Waals surface area contributed by atoms with E-state index in [2.05, 4.69) is 29.4 Å². The quantitative estimate of drug-likeness (QED) is 0.575. The van der Waals surface area contributed by atoms with E-state index in [-0.39, 0.29) is 12.0 Å². The molecule has 2 unspecified atom stereocenters. The summed E-state index contributed by atoms with van der Waals surface area (Å²) in [5, 5.41) is 1.02. The number of piperazine rings is 1. The van der Waals surface area contributed by atoms with E-state index < -0.39 is 6.10 Å². The first-order chi connectivity index (χ1) is 14.6. The summed E-state index contributed by atoms with van der Waals surface area (Å²) >= 11 is 3.46. The van der Waals surface area contributed by atoms with E-state index in [4.69, 9.17) is 14.5 Å². The van der Waals surface area contributed by atoms with Gasteiger partial charge in [0.15, 0.2) is 16.6 Å². The predicted molar refractivity (Wildman–Crippen MR) is 121 cm³/mol. The topological polar surface area (TPSA) is 54.9 Å². The highest BCUT2D eigenvalue weighted by Crippen LogP contribution is 2.35. The van der Waals surface area contributed by atoms with Crippen LogP contribution in [0.2, 0.25) is 0 Å². The van der Waals surface area contributed by atoms with Crippen LogP contribution in [-0.2, 0) is 4.79 Å². The summed E-state index contributed by atoms with van der Waals surface area (Å²) in [5.74, 6) is 1.32. The first-order valence-corrected chi connectivity index (χ1v) is 12.1. The Morgan fingerprint density at radius 2 is 1.83 bits per heavy atom. The van der Waals surface area contributed by atoms with E-state index in [9.17, 15) is 4.79 Å². The first-order valence-electron chi connectivity index (χ1n) is 10.0. The molecule has 0 aliphatic carbocycles. The van der Waals surface area contributed by atoms with Crippen LogP contribution in [-0.4, -0.2) is 60.4 Å². The van der Waals surface area contributed by atoms with Crippen molar-refractivity contribution in [3.8, 4) is 11.5 Å². The van der Waals surface area contributed by atoms with Crippen molar-refractivity contribution >= 4 is 44.4 Å². The average molecular weight is 442 g/mol. The highest BCUT2D eigenvalue weighted by molar-refractivity contribution is 7.98. The molecule has 6 nitrogen and oxygen atoms in total. The number of aromatic nitrogens is 1. The number of thioether (sulfide) groups is 1. The molecule has 0 radical (unpaired) electrons. The molecule has 3 aromatic rings. The van der Waals surface area contributed by atoms with Gasteiger partial charge >= 0.3 is 0 Å². The molecule has 8 heteroatoms. The molecule has 30 heavy (non-hydrogen) atoms. The molecule has 2 aliphatic rings. The molecule has 2 aliphatic heterocycles. The summed E-state index contributed by atoms with van der Waals surface area (Å²) in [4.78, 5) is 23.3. The number of nitrogens with zero attached hydrogens (tertiary/aromatic N) is 3. The molecule has 1 aromatic heterocycles. The Morgan fingerprint density at radius 1 is 1.10 bits per heavy atom. The molecule has 156 valence electrons. The molecule has 1 saturated heterocycles. The highest BCUT2D eigenvalue weighted by atomic mass is 32.2. The summed E-state index contributed by atoms with van der Waals surface area (Å²) in [6, 6.07) is 13.9. The van der Waals surface area contributed by atoms with Crippen LogP contribution in [0, 0.1) is 0 Å². The van der Waals surface area contributed by atoms with Gasteiger partial charge in [0.05, 0.1) is 10.2 Å². The molecule has 0 N–H and O–H groups in total. The maximum absolute atomic E-state index is 13.1. The fourth-order valence-electron chi connectivity index (χ4n) is 3.84. The largest absolute Gasteiger partial charge is 0.482 e. The van der Waals surface area contributed by atoms with Gasteiger partial charge in [-0.1, -0.05) is 23.5 Å². The monoisotopic (exact) mass is 441 g/mol. The SMILES string of the molecule is CSc1ccc2nc(N3CCN(C(=O)C4Oc5ccccc5OC4C)CC3)sc2c1. The van der Waals surface area contributed by atoms with Crippen LogP contribution in [0.4, 0.5) is 5.13 Å². The lowest BCUT2D eigenvalue weighted by Gasteiger charge is -2.38. The number of carbonyl (C=O) groups is 1. The Hall–Kier alpha value is -2.45. The summed E-state index contributed by atoms with van der Waals surface area (Å²) in [5.41, 5.74) is 1.03. The Labute approximate surface area is 183 Å². The van der Waals surface area contributed by atoms with E-state index in [1.807, 2.05) is 36.1 Å². The Balaban J connectivity index is 1.25. The van der Waals surface area contributed by atoms with Gasteiger partial charge in [-0.05, 0) is 43.5 Å². The number of ether oxygens (including phenoxy) is 2. The Bertz CT molecular complexity index is 1080. The average Bonchev–Trinajstić information content (AvgIpc) is 3.21. The number of benzene rings is 2. The first kappa shape index (κ1) is 19.5. The van der Waals surface area contributed by atoms with Gasteiger partial charge in [-0.3, -0.25) is 4.79 Å². The lowest BCUT2D eigenvalue weighted by molar-refractivity contribution is -0.144. The second-order valence-corrected chi connectivity index (χ2v) is 9.34. The standard InChI is InChI=1S/C22H23N3O3S2/c1-14-20(28-18-6-4-3-5-17(18)27-14)21(26)24-9-11-25(12-10-24)22-23-16-8-7-15(29-2)13-19(16)30-22/h3-8,13-14,20H,9-12H2,1-2H3. The van der Waals surface area contributed by atoms with Crippen molar-refractivity contribution in [2.45, 2.75) is 24.0 Å². The van der Waals surface area contributed by atoms with Crippen LogP contribution >= 0.6 is 23.1 Å². The zero-order chi connectivity index (χ0) is 20.7. The smallest absolute Gasteiger partial charge is 0.267 e. The van der Waals surface area contributed by atoms with E-state index >= 15 is 0 Å². The van der Waals surface area contributed by atoms with Crippen molar-refractivity contribution in [3.63, 3.8) is 0 Å². The van der Waals surface area contributed by atoms with Gasteiger partial charge in [-0.2, -0.15) is 0 Å². The van der Waals surface area contributed by atoms with Crippen molar-refractivity contribution in [1.82, 2.24) is 9.88 Å². The summed E-state index contributed by atoms with van der Waals surface area (Å²) < 4.78 is 13.1. The van der Waals surface area contributed by atoms with Crippen LogP contribution in [0.5, 0.6) is 11.5 Å². The van der Waals surface area contributed by atoms with Gasteiger partial charge in [-0.25, -0.2) is 4.98 Å². The molecule has 1 fully saturated rings. The third-order valence-electron chi connectivity index (χ3n) is 5.53. The second kappa shape index (κ2) is 8.00. The van der Waals surface area contributed by atoms with Gasteiger partial charge in [0, 0.05) is 31.1 Å². The number of carbonyl (C=O) groups excluding carboxylic acids is 1. The van der Waals surface area contributed by atoms with Crippen LogP contribution < -0.4 is 14.4 Å². The third-order valence-corrected chi connectivity index (χ3v) is 7.34. The van der Waals surface area contributed by atoms with Crippen molar-refractivity contribution in [3.05, 3.63) is 42.5 Å². The fraction of sp³-hybridized carbons (Fsp3) is 0.364. The molecular formula is C22H23N3O3S2. The summed E-state index contributed by atoms with van der Waals surface area (Å²) in [6.45, 7) is 4.72. The summed E-state index contributed by atoms with van der Waals surface area (Å²) in [6.07, 6.45) is 1.15. The van der Waals surface area contributed by atoms with E-state index in [0.717, 1.165) is 23.7 Å². The predicted octanol–water partition coefficient (Wildman–Crippen LogP) is 3.90. The molecule has 1 amide bonds. The number of fused-ring (bicyclic) bond motifs is 2. The maximum Gasteiger partial charge on any atom is 0.267 e. The number of anilines is 1. The minimum Gasteiger partial charge on any atom is -0.482 e. The Morgan fingerprint density at radius 3 is 2.57 bits per heavy atom. The maximum atomic E-state index is 13.1. The van der Waals surface area contributed by atoms with Crippen LogP contribution in [0.3, 0.4) is 0 Å². The number of amides is 1. The normalized spacial score (nSPS) is 21.1. The zero-order valence-corrected chi connectivity index (χ0v) is 18.5. The lowest BCUT2D eigenvalue weighted by Crippen LogP contribution is -2.56. The van der Waals surface area contributed by atoms with Crippen molar-refractivity contribution in [1.29, 1.82) is 0 Å². The van der Waals surface area contributed by atoms with Crippen molar-refractivity contribution in [2.75, 3.05) is 37.3 Å². The molecule has 2 atom stereocenters. The van der Waals surface area contributed by atoms with Gasteiger partial charge in [0.1, 0.15) is 6.10 Å². The number of hydrogen-bond acceptors (Lipinski definition) is 7. The minimum atomic E-state index is -0.612. The molecule has 5 rings (SSSR count). The summed E-state index contributed by atoms with van der Waals surface area (Å²) in [7, 11) is 0. The van der Waals surface area contributed by atoms with E-state index in [0.29, 0.717) is 24.6 Å². The second-order valence-electron chi connectivity index (χ2n) is 7.45. The lowest BCUT2D eigenvalue weighted by atomic mass is 10.1. The van der Waals surface area contributed by atoms with E-state index in [1.165, 1.54) is 9.60 Å². The molecular weight excluding hydrogens is 418 g/mol. The van der Waals surface area contributed by atoms with Crippen LogP contribution in [0.1, 0.15) is 6.92 Å². The molecule has 0 bridgehead atoms. The minimum absolute atomic E-state index is 0.00874. The number of thiazole rings is 1. The highest BCUT2D eigenvalue weighted by Gasteiger charge is 2.37. The molecule has 2 aromatic carbocycles.